The van der Waals surface area contributed by atoms with E-state index in [1.54, 1.807) is 6.92 Å². The van der Waals surface area contributed by atoms with Crippen LogP contribution in [0.5, 0.6) is 0 Å². The first-order valence-corrected chi connectivity index (χ1v) is 3.76. The first kappa shape index (κ1) is 9.24. The van der Waals surface area contributed by atoms with Gasteiger partial charge in [0.2, 0.25) is 0 Å². The van der Waals surface area contributed by atoms with Crippen molar-refractivity contribution in [1.29, 1.82) is 0 Å². The van der Waals surface area contributed by atoms with E-state index in [2.05, 4.69) is 10.3 Å². The number of aromatic amines is 1. The van der Waals surface area contributed by atoms with Gasteiger partial charge in [-0.1, -0.05) is 0 Å². The molecule has 1 rings (SSSR count). The molecular weight excluding hydrogens is 174 g/mol. The van der Waals surface area contributed by atoms with Gasteiger partial charge in [-0.05, 0) is 6.92 Å². The van der Waals surface area contributed by atoms with Crippen LogP contribution in [-0.2, 0) is 0 Å². The van der Waals surface area contributed by atoms with Crippen molar-refractivity contribution in [2.75, 3.05) is 11.9 Å². The highest BCUT2D eigenvalue weighted by Gasteiger charge is 2.15. The molecule has 2 N–H and O–H groups in total. The summed E-state index contributed by atoms with van der Waals surface area (Å²) in [4.78, 5) is 23.3. The number of pyridine rings is 1. The van der Waals surface area contributed by atoms with Crippen LogP contribution < -0.4 is 10.9 Å². The minimum atomic E-state index is -0.590. The quantitative estimate of drug-likeness (QED) is 0.533. The van der Waals surface area contributed by atoms with Crippen molar-refractivity contribution in [3.63, 3.8) is 0 Å². The largest absolute Gasteiger partial charge is 0.375 e. The van der Waals surface area contributed by atoms with E-state index >= 15 is 0 Å². The van der Waals surface area contributed by atoms with E-state index in [9.17, 15) is 14.9 Å². The molecule has 13 heavy (non-hydrogen) atoms. The lowest BCUT2D eigenvalue weighted by Gasteiger charge is -2.01. The maximum Gasteiger partial charge on any atom is 0.299 e. The van der Waals surface area contributed by atoms with Crippen LogP contribution in [0.1, 0.15) is 6.92 Å². The predicted molar refractivity (Wildman–Crippen MR) is 47.9 cm³/mol. The number of nitrogens with one attached hydrogen (secondary N) is 2. The maximum absolute atomic E-state index is 11.1. The minimum absolute atomic E-state index is 0.00926. The molecule has 0 atom stereocenters. The Morgan fingerprint density at radius 3 is 2.92 bits per heavy atom. The van der Waals surface area contributed by atoms with Gasteiger partial charge in [0.1, 0.15) is 0 Å². The fourth-order valence-corrected chi connectivity index (χ4v) is 0.968. The molecule has 1 aromatic rings. The third kappa shape index (κ3) is 1.84. The SMILES string of the molecule is CCNc1c([N+](=O)[O-])cc[nH]c1=O. The third-order valence-electron chi connectivity index (χ3n) is 1.49. The van der Waals surface area contributed by atoms with E-state index in [1.165, 1.54) is 12.3 Å². The summed E-state index contributed by atoms with van der Waals surface area (Å²) in [5.74, 6) is 0. The Kier molecular flexibility index (Phi) is 2.63. The number of nitrogens with zero attached hydrogens (tertiary/aromatic N) is 1. The topological polar surface area (TPSA) is 88.0 Å². The van der Waals surface area contributed by atoms with Gasteiger partial charge in [0, 0.05) is 18.8 Å². The van der Waals surface area contributed by atoms with Crippen LogP contribution in [0.3, 0.4) is 0 Å². The lowest BCUT2D eigenvalue weighted by atomic mass is 10.3. The number of hydrogen-bond acceptors (Lipinski definition) is 4. The van der Waals surface area contributed by atoms with Crippen molar-refractivity contribution >= 4 is 11.4 Å². The third-order valence-corrected chi connectivity index (χ3v) is 1.49. The highest BCUT2D eigenvalue weighted by Crippen LogP contribution is 2.17. The van der Waals surface area contributed by atoms with Crippen molar-refractivity contribution in [3.05, 3.63) is 32.7 Å². The number of hydrogen-bond donors (Lipinski definition) is 2. The zero-order valence-electron chi connectivity index (χ0n) is 7.03. The second-order valence-electron chi connectivity index (χ2n) is 2.35. The summed E-state index contributed by atoms with van der Waals surface area (Å²) < 4.78 is 0. The smallest absolute Gasteiger partial charge is 0.299 e. The molecule has 0 saturated carbocycles. The fraction of sp³-hybridized carbons (Fsp3) is 0.286. The number of rotatable bonds is 3. The molecule has 0 aliphatic rings. The van der Waals surface area contributed by atoms with Crippen molar-refractivity contribution < 1.29 is 4.92 Å². The molecule has 1 heterocycles. The second-order valence-corrected chi connectivity index (χ2v) is 2.35. The Hall–Kier alpha value is -1.85. The molecule has 0 aliphatic carbocycles. The summed E-state index contributed by atoms with van der Waals surface area (Å²) >= 11 is 0. The lowest BCUT2D eigenvalue weighted by Crippen LogP contribution is -2.15. The Bertz CT molecular complexity index is 371. The van der Waals surface area contributed by atoms with Crippen LogP contribution in [0.25, 0.3) is 0 Å². The van der Waals surface area contributed by atoms with E-state index in [-0.39, 0.29) is 11.4 Å². The molecule has 0 amide bonds. The van der Waals surface area contributed by atoms with Crippen molar-refractivity contribution in [3.8, 4) is 0 Å². The zero-order chi connectivity index (χ0) is 9.84. The lowest BCUT2D eigenvalue weighted by molar-refractivity contribution is -0.384. The van der Waals surface area contributed by atoms with Crippen LogP contribution in [0.4, 0.5) is 11.4 Å². The van der Waals surface area contributed by atoms with Gasteiger partial charge in [-0.25, -0.2) is 0 Å². The highest BCUT2D eigenvalue weighted by atomic mass is 16.6. The van der Waals surface area contributed by atoms with E-state index < -0.39 is 10.5 Å². The van der Waals surface area contributed by atoms with Crippen LogP contribution in [-0.4, -0.2) is 16.5 Å². The first-order valence-electron chi connectivity index (χ1n) is 3.76. The van der Waals surface area contributed by atoms with E-state index in [4.69, 9.17) is 0 Å². The normalized spacial score (nSPS) is 9.62. The second kappa shape index (κ2) is 3.70. The highest BCUT2D eigenvalue weighted by molar-refractivity contribution is 5.59. The number of nitro groups is 1. The maximum atomic E-state index is 11.1. The van der Waals surface area contributed by atoms with Gasteiger partial charge in [-0.2, -0.15) is 0 Å². The molecule has 0 unspecified atom stereocenters. The Morgan fingerprint density at radius 2 is 2.38 bits per heavy atom. The van der Waals surface area contributed by atoms with Gasteiger partial charge in [0.15, 0.2) is 5.69 Å². The minimum Gasteiger partial charge on any atom is -0.375 e. The van der Waals surface area contributed by atoms with Crippen molar-refractivity contribution in [1.82, 2.24) is 4.98 Å². The molecule has 1 aromatic heterocycles. The van der Waals surface area contributed by atoms with Gasteiger partial charge >= 0.3 is 0 Å². The summed E-state index contributed by atoms with van der Waals surface area (Å²) in [5, 5.41) is 13.1. The predicted octanol–water partition coefficient (Wildman–Crippen LogP) is 0.715. The molecule has 0 bridgehead atoms. The molecule has 70 valence electrons. The molecule has 6 nitrogen and oxygen atoms in total. The van der Waals surface area contributed by atoms with E-state index in [1.807, 2.05) is 0 Å². The summed E-state index contributed by atoms with van der Waals surface area (Å²) in [6.45, 7) is 2.23. The first-order chi connectivity index (χ1) is 6.16. The number of aromatic nitrogens is 1. The summed E-state index contributed by atoms with van der Waals surface area (Å²) in [7, 11) is 0. The summed E-state index contributed by atoms with van der Waals surface area (Å²) in [6, 6.07) is 1.25. The molecule has 0 spiro atoms. The summed E-state index contributed by atoms with van der Waals surface area (Å²) in [5.41, 5.74) is -0.670. The average Bonchev–Trinajstić information content (AvgIpc) is 2.08. The van der Waals surface area contributed by atoms with Gasteiger partial charge in [-0.3, -0.25) is 14.9 Å². The van der Waals surface area contributed by atoms with Crippen LogP contribution in [0, 0.1) is 10.1 Å². The fourth-order valence-electron chi connectivity index (χ4n) is 0.968. The Balaban J connectivity index is 3.25. The van der Waals surface area contributed by atoms with Crippen LogP contribution >= 0.6 is 0 Å². The van der Waals surface area contributed by atoms with Gasteiger partial charge in [0.05, 0.1) is 4.92 Å². The van der Waals surface area contributed by atoms with E-state index in [0.29, 0.717) is 6.54 Å². The molecular formula is C7H9N3O3. The number of H-pyrrole nitrogens is 1. The van der Waals surface area contributed by atoms with Gasteiger partial charge < -0.3 is 10.3 Å². The van der Waals surface area contributed by atoms with Crippen LogP contribution in [0.2, 0.25) is 0 Å². The van der Waals surface area contributed by atoms with Crippen molar-refractivity contribution in [2.45, 2.75) is 6.92 Å². The van der Waals surface area contributed by atoms with E-state index in [0.717, 1.165) is 0 Å². The zero-order valence-corrected chi connectivity index (χ0v) is 7.03. The van der Waals surface area contributed by atoms with Gasteiger partial charge in [0.25, 0.3) is 11.2 Å². The van der Waals surface area contributed by atoms with Crippen molar-refractivity contribution in [2.24, 2.45) is 0 Å². The Morgan fingerprint density at radius 1 is 1.69 bits per heavy atom. The monoisotopic (exact) mass is 183 g/mol. The molecule has 0 fully saturated rings. The molecule has 0 aromatic carbocycles. The molecule has 0 aliphatic heterocycles. The molecule has 0 saturated heterocycles. The Labute approximate surface area is 73.7 Å². The molecule has 0 radical (unpaired) electrons. The standard InChI is InChI=1S/C7H9N3O3/c1-2-8-6-5(10(12)13)3-4-9-7(6)11/h3-4,8H,2H2,1H3,(H,9,11). The average molecular weight is 183 g/mol. The summed E-state index contributed by atoms with van der Waals surface area (Å²) in [6.07, 6.45) is 1.25. The van der Waals surface area contributed by atoms with Gasteiger partial charge in [-0.15, -0.1) is 0 Å². The number of anilines is 1. The molecule has 6 heteroatoms. The van der Waals surface area contributed by atoms with Crippen LogP contribution in [0.15, 0.2) is 17.1 Å².